The molecule has 2 atom stereocenters. The van der Waals surface area contributed by atoms with Crippen LogP contribution in [0.2, 0.25) is 5.02 Å². The Morgan fingerprint density at radius 2 is 1.82 bits per heavy atom. The summed E-state index contributed by atoms with van der Waals surface area (Å²) in [6.45, 7) is 1.53. The van der Waals surface area contributed by atoms with Gasteiger partial charge < -0.3 is 10.0 Å². The Kier molecular flexibility index (Phi) is 7.82. The molecule has 8 nitrogen and oxygen atoms in total. The van der Waals surface area contributed by atoms with Gasteiger partial charge in [0.15, 0.2) is 0 Å². The fourth-order valence-corrected chi connectivity index (χ4v) is 5.81. The molecule has 1 aliphatic rings. The van der Waals surface area contributed by atoms with E-state index in [9.17, 15) is 23.1 Å². The highest BCUT2D eigenvalue weighted by Gasteiger charge is 2.44. The Hall–Kier alpha value is -2.72. The quantitative estimate of drug-likeness (QED) is 0.507. The van der Waals surface area contributed by atoms with Crippen molar-refractivity contribution in [1.29, 1.82) is 0 Å². The van der Waals surface area contributed by atoms with Gasteiger partial charge in [-0.3, -0.25) is 9.78 Å². The summed E-state index contributed by atoms with van der Waals surface area (Å²) in [5, 5.41) is 11.4. The molecule has 1 aliphatic heterocycles. The van der Waals surface area contributed by atoms with Crippen molar-refractivity contribution >= 4 is 56.7 Å². The van der Waals surface area contributed by atoms with E-state index in [-0.39, 0.29) is 36.8 Å². The standard InChI is InChI=1S/C23H22ClN3O5S.ClH/c1-15(23(29)30)26-11-8-21(22(26)28)27(14-16-6-9-25-10-7-16)33(31,32)20-5-3-17-12-19(24)4-2-18(17)13-20;/h2-7,9-10,12-13,15,21H,8,11,14H2,1H3,(H,29,30);1H/t15-,21-;/m0./s1. The molecule has 0 radical (unpaired) electrons. The van der Waals surface area contributed by atoms with E-state index in [0.29, 0.717) is 16.0 Å². The second kappa shape index (κ2) is 10.3. The van der Waals surface area contributed by atoms with E-state index in [2.05, 4.69) is 4.98 Å². The van der Waals surface area contributed by atoms with Gasteiger partial charge in [0.05, 0.1) is 4.90 Å². The Balaban J connectivity index is 0.00000324. The number of halogens is 2. The Labute approximate surface area is 208 Å². The summed E-state index contributed by atoms with van der Waals surface area (Å²) in [5.41, 5.74) is 0.665. The van der Waals surface area contributed by atoms with E-state index in [0.717, 1.165) is 9.69 Å². The normalized spacial score (nSPS) is 17.1. The summed E-state index contributed by atoms with van der Waals surface area (Å²) in [5.74, 6) is -1.66. The van der Waals surface area contributed by atoms with Crippen molar-refractivity contribution < 1.29 is 23.1 Å². The third-order valence-electron chi connectivity index (χ3n) is 5.85. The SMILES string of the molecule is C[C@@H](C(=O)O)N1CC[C@H](N(Cc2ccncc2)S(=O)(=O)c2ccc3cc(Cl)ccc3c2)C1=O.Cl. The maximum atomic E-state index is 13.8. The van der Waals surface area contributed by atoms with E-state index < -0.39 is 34.0 Å². The molecule has 2 aromatic carbocycles. The van der Waals surface area contributed by atoms with Crippen molar-refractivity contribution in [3.8, 4) is 0 Å². The lowest BCUT2D eigenvalue weighted by molar-refractivity contribution is -0.148. The van der Waals surface area contributed by atoms with Gasteiger partial charge in [-0.05, 0) is 66.1 Å². The van der Waals surface area contributed by atoms with Gasteiger partial charge in [0.1, 0.15) is 12.1 Å². The number of rotatable bonds is 7. The zero-order valence-corrected chi connectivity index (χ0v) is 20.6. The molecule has 0 bridgehead atoms. The van der Waals surface area contributed by atoms with Crippen LogP contribution in [0.1, 0.15) is 18.9 Å². The average Bonchev–Trinajstić information content (AvgIpc) is 3.17. The number of carboxylic acid groups (broad SMARTS) is 1. The van der Waals surface area contributed by atoms with Crippen molar-refractivity contribution in [2.45, 2.75) is 36.9 Å². The number of amides is 1. The number of aromatic nitrogens is 1. The fraction of sp³-hybridized carbons (Fsp3) is 0.261. The first kappa shape index (κ1) is 25.9. The van der Waals surface area contributed by atoms with Gasteiger partial charge in [-0.2, -0.15) is 4.31 Å². The molecule has 11 heteroatoms. The molecule has 0 spiro atoms. The summed E-state index contributed by atoms with van der Waals surface area (Å²) in [7, 11) is -4.10. The van der Waals surface area contributed by atoms with Crippen LogP contribution in [-0.2, 0) is 26.2 Å². The number of fused-ring (bicyclic) bond motifs is 1. The summed E-state index contributed by atoms with van der Waals surface area (Å²) >= 11 is 6.04. The van der Waals surface area contributed by atoms with Crippen molar-refractivity contribution in [1.82, 2.24) is 14.2 Å². The zero-order valence-electron chi connectivity index (χ0n) is 18.2. The second-order valence-corrected chi connectivity index (χ2v) is 10.2. The smallest absolute Gasteiger partial charge is 0.326 e. The van der Waals surface area contributed by atoms with Gasteiger partial charge in [0.2, 0.25) is 15.9 Å². The van der Waals surface area contributed by atoms with Crippen LogP contribution >= 0.6 is 24.0 Å². The molecule has 0 aliphatic carbocycles. The first-order valence-electron chi connectivity index (χ1n) is 10.3. The summed E-state index contributed by atoms with van der Waals surface area (Å²) in [6, 6.07) is 11.2. The van der Waals surface area contributed by atoms with Gasteiger partial charge in [-0.25, -0.2) is 13.2 Å². The number of sulfonamides is 1. The number of nitrogens with zero attached hydrogens (tertiary/aromatic N) is 3. The molecule has 1 aromatic heterocycles. The van der Waals surface area contributed by atoms with Gasteiger partial charge in [-0.1, -0.05) is 23.7 Å². The van der Waals surface area contributed by atoms with E-state index in [1.54, 1.807) is 54.9 Å². The number of carboxylic acids is 1. The Bertz CT molecular complexity index is 1320. The third kappa shape index (κ3) is 5.02. The van der Waals surface area contributed by atoms with Crippen LogP contribution in [-0.4, -0.2) is 58.2 Å². The summed E-state index contributed by atoms with van der Waals surface area (Å²) < 4.78 is 28.7. The molecule has 2 heterocycles. The molecular weight excluding hydrogens is 501 g/mol. The summed E-state index contributed by atoms with van der Waals surface area (Å²) in [6.07, 6.45) is 3.30. The molecule has 1 saturated heterocycles. The topological polar surface area (TPSA) is 108 Å². The minimum Gasteiger partial charge on any atom is -0.480 e. The van der Waals surface area contributed by atoms with Crippen LogP contribution in [0.15, 0.2) is 65.8 Å². The van der Waals surface area contributed by atoms with E-state index >= 15 is 0 Å². The minimum atomic E-state index is -4.10. The van der Waals surface area contributed by atoms with Gasteiger partial charge >= 0.3 is 5.97 Å². The average molecular weight is 524 g/mol. The molecular formula is C23H23Cl2N3O5S. The molecule has 1 fully saturated rings. The number of benzene rings is 2. The highest BCUT2D eigenvalue weighted by atomic mass is 35.5. The number of carbonyl (C=O) groups is 2. The maximum absolute atomic E-state index is 13.8. The lowest BCUT2D eigenvalue weighted by Crippen LogP contribution is -2.47. The minimum absolute atomic E-state index is 0. The zero-order chi connectivity index (χ0) is 23.8. The van der Waals surface area contributed by atoms with E-state index in [1.807, 2.05) is 0 Å². The third-order valence-corrected chi connectivity index (χ3v) is 7.94. The number of aliphatic carboxylic acids is 1. The molecule has 180 valence electrons. The largest absolute Gasteiger partial charge is 0.480 e. The maximum Gasteiger partial charge on any atom is 0.326 e. The molecule has 1 amide bonds. The number of hydrogen-bond acceptors (Lipinski definition) is 5. The van der Waals surface area contributed by atoms with Crippen LogP contribution < -0.4 is 0 Å². The monoisotopic (exact) mass is 523 g/mol. The molecule has 0 saturated carbocycles. The number of pyridine rings is 1. The molecule has 34 heavy (non-hydrogen) atoms. The number of likely N-dealkylation sites (tertiary alicyclic amines) is 1. The van der Waals surface area contributed by atoms with Crippen LogP contribution in [0, 0.1) is 0 Å². The highest BCUT2D eigenvalue weighted by molar-refractivity contribution is 7.89. The first-order chi connectivity index (χ1) is 15.7. The van der Waals surface area contributed by atoms with Crippen molar-refractivity contribution in [3.05, 3.63) is 71.5 Å². The van der Waals surface area contributed by atoms with E-state index in [4.69, 9.17) is 11.6 Å². The Morgan fingerprint density at radius 3 is 2.50 bits per heavy atom. The second-order valence-electron chi connectivity index (χ2n) is 7.91. The van der Waals surface area contributed by atoms with Gasteiger partial charge in [0.25, 0.3) is 0 Å². The lowest BCUT2D eigenvalue weighted by atomic mass is 10.1. The predicted molar refractivity (Wildman–Crippen MR) is 130 cm³/mol. The fourth-order valence-electron chi connectivity index (χ4n) is 3.99. The van der Waals surface area contributed by atoms with E-state index in [1.165, 1.54) is 17.9 Å². The molecule has 0 unspecified atom stereocenters. The summed E-state index contributed by atoms with van der Waals surface area (Å²) in [4.78, 5) is 29.8. The predicted octanol–water partition coefficient (Wildman–Crippen LogP) is 3.57. The number of hydrogen-bond donors (Lipinski definition) is 1. The Morgan fingerprint density at radius 1 is 1.18 bits per heavy atom. The highest BCUT2D eigenvalue weighted by Crippen LogP contribution is 2.30. The van der Waals surface area contributed by atoms with Gasteiger partial charge in [0, 0.05) is 30.5 Å². The molecule has 3 aromatic rings. The van der Waals surface area contributed by atoms with Crippen molar-refractivity contribution in [2.75, 3.05) is 6.54 Å². The van der Waals surface area contributed by atoms with Crippen molar-refractivity contribution in [3.63, 3.8) is 0 Å². The van der Waals surface area contributed by atoms with Crippen LogP contribution in [0.25, 0.3) is 10.8 Å². The van der Waals surface area contributed by atoms with Crippen LogP contribution in [0.3, 0.4) is 0 Å². The molecule has 4 rings (SSSR count). The van der Waals surface area contributed by atoms with Gasteiger partial charge in [-0.15, -0.1) is 12.4 Å². The van der Waals surface area contributed by atoms with Crippen molar-refractivity contribution in [2.24, 2.45) is 0 Å². The number of carbonyl (C=O) groups excluding carboxylic acids is 1. The van der Waals surface area contributed by atoms with Crippen LogP contribution in [0.5, 0.6) is 0 Å². The van der Waals surface area contributed by atoms with Crippen LogP contribution in [0.4, 0.5) is 0 Å². The lowest BCUT2D eigenvalue weighted by Gasteiger charge is -2.28. The first-order valence-corrected chi connectivity index (χ1v) is 12.1. The molecule has 1 N–H and O–H groups in total.